The fourth-order valence-electron chi connectivity index (χ4n) is 4.26. The number of rotatable bonds is 5. The summed E-state index contributed by atoms with van der Waals surface area (Å²) in [6, 6.07) is 11.4. The number of nitrogens with zero attached hydrogens (tertiary/aromatic N) is 4. The van der Waals surface area contributed by atoms with E-state index in [2.05, 4.69) is 20.4 Å². The molecule has 0 spiro atoms. The normalized spacial score (nSPS) is 21.3. The Bertz CT molecular complexity index is 1260. The minimum Gasteiger partial charge on any atom is -0.414 e. The Hall–Kier alpha value is -3.33. The second kappa shape index (κ2) is 7.98. The number of pyridine rings is 1. The summed E-state index contributed by atoms with van der Waals surface area (Å²) >= 11 is 0. The standard InChI is InChI=1S/C23H23F2N5O2/c1-23(31)9-6-16(7-10-23)27-22-28-20(32-21(24)25)19-17(8-12-30(19)29-22)14-4-5-18-15(13-14)3-2-11-26-18/h2-5,8,11-13,16,21,31H,6-7,9-10H2,1H3,(H,27,29)/t16-,23+. The average molecular weight is 439 g/mol. The highest BCUT2D eigenvalue weighted by Gasteiger charge is 2.29. The number of halogens is 2. The molecule has 0 saturated heterocycles. The van der Waals surface area contributed by atoms with Crippen LogP contribution in [0.15, 0.2) is 48.8 Å². The first-order chi connectivity index (χ1) is 15.4. The number of hydrogen-bond donors (Lipinski definition) is 2. The molecule has 9 heteroatoms. The third kappa shape index (κ3) is 4.08. The number of aliphatic hydroxyl groups is 1. The van der Waals surface area contributed by atoms with E-state index in [1.54, 1.807) is 12.4 Å². The van der Waals surface area contributed by atoms with E-state index in [1.807, 2.05) is 43.3 Å². The number of aromatic nitrogens is 4. The van der Waals surface area contributed by atoms with Crippen molar-refractivity contribution in [1.29, 1.82) is 0 Å². The van der Waals surface area contributed by atoms with E-state index in [0.29, 0.717) is 23.9 Å². The van der Waals surface area contributed by atoms with Gasteiger partial charge in [0.1, 0.15) is 5.52 Å². The molecule has 0 radical (unpaired) electrons. The zero-order valence-electron chi connectivity index (χ0n) is 17.5. The monoisotopic (exact) mass is 439 g/mol. The van der Waals surface area contributed by atoms with Crippen molar-refractivity contribution in [2.75, 3.05) is 5.32 Å². The van der Waals surface area contributed by atoms with E-state index in [9.17, 15) is 13.9 Å². The molecule has 1 aliphatic rings. The molecule has 3 heterocycles. The van der Waals surface area contributed by atoms with Gasteiger partial charge in [-0.2, -0.15) is 13.8 Å². The Labute approximate surface area is 183 Å². The molecule has 0 atom stereocenters. The number of anilines is 1. The zero-order valence-corrected chi connectivity index (χ0v) is 17.5. The van der Waals surface area contributed by atoms with E-state index in [-0.39, 0.29) is 17.9 Å². The first kappa shape index (κ1) is 20.6. The predicted molar refractivity (Wildman–Crippen MR) is 117 cm³/mol. The molecule has 1 aliphatic carbocycles. The molecule has 1 saturated carbocycles. The maximum atomic E-state index is 13.2. The Morgan fingerprint density at radius 2 is 2.03 bits per heavy atom. The summed E-state index contributed by atoms with van der Waals surface area (Å²) in [5.74, 6) is 0.0242. The van der Waals surface area contributed by atoms with E-state index < -0.39 is 12.2 Å². The Morgan fingerprint density at radius 3 is 2.81 bits per heavy atom. The van der Waals surface area contributed by atoms with E-state index in [1.165, 1.54) is 4.52 Å². The molecular formula is C23H23F2N5O2. The van der Waals surface area contributed by atoms with Crippen LogP contribution in [0, 0.1) is 0 Å². The van der Waals surface area contributed by atoms with Crippen LogP contribution >= 0.6 is 0 Å². The molecule has 0 bridgehead atoms. The summed E-state index contributed by atoms with van der Waals surface area (Å²) in [7, 11) is 0. The highest BCUT2D eigenvalue weighted by molar-refractivity contribution is 5.90. The minimum atomic E-state index is -3.02. The molecule has 1 aromatic carbocycles. The number of fused-ring (bicyclic) bond motifs is 2. The smallest absolute Gasteiger partial charge is 0.388 e. The van der Waals surface area contributed by atoms with E-state index in [4.69, 9.17) is 4.74 Å². The second-order valence-corrected chi connectivity index (χ2v) is 8.47. The van der Waals surface area contributed by atoms with Crippen molar-refractivity contribution in [2.45, 2.75) is 50.9 Å². The molecule has 2 N–H and O–H groups in total. The maximum absolute atomic E-state index is 13.2. The zero-order chi connectivity index (χ0) is 22.3. The molecule has 3 aromatic heterocycles. The van der Waals surface area contributed by atoms with Gasteiger partial charge in [0.15, 0.2) is 0 Å². The van der Waals surface area contributed by atoms with Crippen LogP contribution in [0.2, 0.25) is 0 Å². The Kier molecular flexibility index (Phi) is 5.13. The molecule has 4 aromatic rings. The van der Waals surface area contributed by atoms with Crippen LogP contribution in [0.4, 0.5) is 14.7 Å². The fourth-order valence-corrected chi connectivity index (χ4v) is 4.26. The SMILES string of the molecule is C[C@]1(O)CC[C@@H](Nc2nc(OC(F)F)c3c(-c4ccc5ncccc5c4)ccn3n2)CC1. The lowest BCUT2D eigenvalue weighted by Crippen LogP contribution is -2.36. The lowest BCUT2D eigenvalue weighted by molar-refractivity contribution is -0.0519. The van der Waals surface area contributed by atoms with Crippen molar-refractivity contribution in [2.24, 2.45) is 0 Å². The first-order valence-corrected chi connectivity index (χ1v) is 10.6. The van der Waals surface area contributed by atoms with Crippen molar-refractivity contribution in [3.8, 4) is 17.0 Å². The van der Waals surface area contributed by atoms with Crippen LogP contribution in [-0.2, 0) is 0 Å². The van der Waals surface area contributed by atoms with Gasteiger partial charge in [-0.25, -0.2) is 4.52 Å². The van der Waals surface area contributed by atoms with E-state index >= 15 is 0 Å². The molecule has 0 unspecified atom stereocenters. The van der Waals surface area contributed by atoms with Gasteiger partial charge in [0.2, 0.25) is 11.8 Å². The number of nitrogens with one attached hydrogen (secondary N) is 1. The minimum absolute atomic E-state index is 0.0510. The predicted octanol–water partition coefficient (Wildman–Crippen LogP) is 4.65. The van der Waals surface area contributed by atoms with Crippen LogP contribution in [0.1, 0.15) is 32.6 Å². The van der Waals surface area contributed by atoms with Gasteiger partial charge >= 0.3 is 6.61 Å². The van der Waals surface area contributed by atoms with Gasteiger partial charge in [-0.05, 0) is 62.4 Å². The Morgan fingerprint density at radius 1 is 1.22 bits per heavy atom. The van der Waals surface area contributed by atoms with Crippen molar-refractivity contribution in [3.05, 3.63) is 48.8 Å². The molecule has 5 rings (SSSR count). The van der Waals surface area contributed by atoms with Gasteiger partial charge < -0.3 is 15.2 Å². The van der Waals surface area contributed by atoms with Crippen LogP contribution in [-0.4, -0.2) is 42.9 Å². The summed E-state index contributed by atoms with van der Waals surface area (Å²) in [6.45, 7) is -1.19. The summed E-state index contributed by atoms with van der Waals surface area (Å²) in [5.41, 5.74) is 2.05. The van der Waals surface area contributed by atoms with Gasteiger partial charge in [0, 0.05) is 29.4 Å². The highest BCUT2D eigenvalue weighted by Crippen LogP contribution is 2.34. The lowest BCUT2D eigenvalue weighted by atomic mass is 9.84. The van der Waals surface area contributed by atoms with Gasteiger partial charge in [0.25, 0.3) is 0 Å². The fraction of sp³-hybridized carbons (Fsp3) is 0.348. The van der Waals surface area contributed by atoms with Crippen LogP contribution in [0.3, 0.4) is 0 Å². The van der Waals surface area contributed by atoms with Gasteiger partial charge in [0.05, 0.1) is 11.1 Å². The summed E-state index contributed by atoms with van der Waals surface area (Å²) in [5, 5.41) is 18.8. The third-order valence-electron chi connectivity index (χ3n) is 5.99. The first-order valence-electron chi connectivity index (χ1n) is 10.6. The number of ether oxygens (including phenoxy) is 1. The number of hydrogen-bond acceptors (Lipinski definition) is 6. The van der Waals surface area contributed by atoms with Gasteiger partial charge in [-0.1, -0.05) is 12.1 Å². The maximum Gasteiger partial charge on any atom is 0.388 e. The molecule has 0 aliphatic heterocycles. The van der Waals surface area contributed by atoms with Crippen LogP contribution in [0.25, 0.3) is 27.5 Å². The number of benzene rings is 1. The lowest BCUT2D eigenvalue weighted by Gasteiger charge is -2.33. The Balaban J connectivity index is 1.53. The van der Waals surface area contributed by atoms with Crippen molar-refractivity contribution < 1.29 is 18.6 Å². The highest BCUT2D eigenvalue weighted by atomic mass is 19.3. The molecule has 7 nitrogen and oxygen atoms in total. The van der Waals surface area contributed by atoms with Gasteiger partial charge in [-0.15, -0.1) is 5.10 Å². The third-order valence-corrected chi connectivity index (χ3v) is 5.99. The quantitative estimate of drug-likeness (QED) is 0.471. The summed E-state index contributed by atoms with van der Waals surface area (Å²) in [6.07, 6.45) is 6.20. The largest absolute Gasteiger partial charge is 0.414 e. The molecule has 166 valence electrons. The topological polar surface area (TPSA) is 84.6 Å². The second-order valence-electron chi connectivity index (χ2n) is 8.47. The van der Waals surface area contributed by atoms with Crippen LogP contribution in [0.5, 0.6) is 5.88 Å². The number of alkyl halides is 2. The molecule has 32 heavy (non-hydrogen) atoms. The van der Waals surface area contributed by atoms with Crippen molar-refractivity contribution in [1.82, 2.24) is 19.6 Å². The van der Waals surface area contributed by atoms with Crippen LogP contribution < -0.4 is 10.1 Å². The molecule has 0 amide bonds. The average Bonchev–Trinajstić information content (AvgIpc) is 3.19. The summed E-state index contributed by atoms with van der Waals surface area (Å²) < 4.78 is 32.8. The molecule has 1 fully saturated rings. The summed E-state index contributed by atoms with van der Waals surface area (Å²) in [4.78, 5) is 8.59. The van der Waals surface area contributed by atoms with E-state index in [0.717, 1.165) is 29.3 Å². The molecular weight excluding hydrogens is 416 g/mol. The van der Waals surface area contributed by atoms with Crippen molar-refractivity contribution in [3.63, 3.8) is 0 Å². The van der Waals surface area contributed by atoms with Crippen molar-refractivity contribution >= 4 is 22.4 Å². The van der Waals surface area contributed by atoms with Gasteiger partial charge in [-0.3, -0.25) is 4.98 Å².